The van der Waals surface area contributed by atoms with Gasteiger partial charge in [0.15, 0.2) is 17.4 Å². The second-order valence-electron chi connectivity index (χ2n) is 5.93. The lowest BCUT2D eigenvalue weighted by atomic mass is 10.0. The number of hydrogen-bond donors (Lipinski definition) is 1. The van der Waals surface area contributed by atoms with Crippen molar-refractivity contribution in [2.24, 2.45) is 0 Å². The van der Waals surface area contributed by atoms with Crippen LogP contribution in [-0.4, -0.2) is 40.4 Å². The van der Waals surface area contributed by atoms with E-state index in [4.69, 9.17) is 18.4 Å². The highest BCUT2D eigenvalue weighted by Crippen LogP contribution is 2.25. The molecule has 3 aromatic rings. The maximum absolute atomic E-state index is 5.47. The van der Waals surface area contributed by atoms with Crippen molar-refractivity contribution in [1.29, 1.82) is 0 Å². The first-order chi connectivity index (χ1) is 12.8. The van der Waals surface area contributed by atoms with E-state index < -0.39 is 0 Å². The Bertz CT molecular complexity index is 843. The van der Waals surface area contributed by atoms with Crippen LogP contribution in [-0.2, 0) is 22.6 Å². The maximum atomic E-state index is 5.47. The number of nitrogens with one attached hydrogen (secondary N) is 1. The molecule has 136 valence electrons. The summed E-state index contributed by atoms with van der Waals surface area (Å²) in [5, 5.41) is 7.17. The van der Waals surface area contributed by atoms with Crippen molar-refractivity contribution >= 4 is 5.82 Å². The average Bonchev–Trinajstić information content (AvgIpc) is 3.42. The quantitative estimate of drug-likeness (QED) is 0.681. The van der Waals surface area contributed by atoms with Crippen LogP contribution in [0.2, 0.25) is 0 Å². The lowest BCUT2D eigenvalue weighted by Crippen LogP contribution is -2.10. The molecular formula is C17H19N5O4. The number of rotatable bonds is 7. The second kappa shape index (κ2) is 7.63. The third-order valence-electron chi connectivity index (χ3n) is 4.04. The summed E-state index contributed by atoms with van der Waals surface area (Å²) < 4.78 is 21.1. The Morgan fingerprint density at radius 1 is 1.27 bits per heavy atom. The molecule has 4 rings (SSSR count). The van der Waals surface area contributed by atoms with E-state index >= 15 is 0 Å². The minimum absolute atomic E-state index is 0.282. The number of anilines is 1. The van der Waals surface area contributed by atoms with Crippen LogP contribution in [0.1, 0.15) is 29.7 Å². The minimum atomic E-state index is 0.282. The van der Waals surface area contributed by atoms with Gasteiger partial charge in [0.25, 0.3) is 5.89 Å². The summed E-state index contributed by atoms with van der Waals surface area (Å²) in [5.41, 5.74) is 0.955. The van der Waals surface area contributed by atoms with Crippen molar-refractivity contribution < 1.29 is 18.4 Å². The Morgan fingerprint density at radius 3 is 3.00 bits per heavy atom. The maximum Gasteiger partial charge on any atom is 0.293 e. The van der Waals surface area contributed by atoms with Gasteiger partial charge in [-0.1, -0.05) is 5.16 Å². The molecule has 0 radical (unpaired) electrons. The van der Waals surface area contributed by atoms with Gasteiger partial charge in [0.05, 0.1) is 25.1 Å². The molecule has 0 amide bonds. The van der Waals surface area contributed by atoms with Gasteiger partial charge in [-0.3, -0.25) is 0 Å². The Morgan fingerprint density at radius 2 is 2.23 bits per heavy atom. The lowest BCUT2D eigenvalue weighted by molar-refractivity contribution is 0.177. The van der Waals surface area contributed by atoms with Gasteiger partial charge in [0.2, 0.25) is 0 Å². The highest BCUT2D eigenvalue weighted by Gasteiger charge is 2.21. The number of methoxy groups -OCH3 is 1. The monoisotopic (exact) mass is 357 g/mol. The number of furan rings is 1. The summed E-state index contributed by atoms with van der Waals surface area (Å²) in [4.78, 5) is 13.4. The van der Waals surface area contributed by atoms with E-state index in [0.717, 1.165) is 18.7 Å². The van der Waals surface area contributed by atoms with Crippen molar-refractivity contribution in [3.63, 3.8) is 0 Å². The lowest BCUT2D eigenvalue weighted by Gasteiger charge is -2.12. The third-order valence-corrected chi connectivity index (χ3v) is 4.04. The second-order valence-corrected chi connectivity index (χ2v) is 5.93. The summed E-state index contributed by atoms with van der Waals surface area (Å²) >= 11 is 0. The molecule has 0 aliphatic carbocycles. The molecular weight excluding hydrogens is 338 g/mol. The summed E-state index contributed by atoms with van der Waals surface area (Å²) in [6.07, 6.45) is 2.52. The van der Waals surface area contributed by atoms with Gasteiger partial charge in [0.1, 0.15) is 12.4 Å². The number of ether oxygens (including phenoxy) is 2. The van der Waals surface area contributed by atoms with Gasteiger partial charge >= 0.3 is 0 Å². The van der Waals surface area contributed by atoms with Gasteiger partial charge in [0, 0.05) is 25.7 Å². The fourth-order valence-corrected chi connectivity index (χ4v) is 2.77. The molecule has 26 heavy (non-hydrogen) atoms. The van der Waals surface area contributed by atoms with Crippen LogP contribution >= 0.6 is 0 Å². The van der Waals surface area contributed by atoms with Crippen molar-refractivity contribution in [3.05, 3.63) is 41.8 Å². The van der Waals surface area contributed by atoms with E-state index in [1.54, 1.807) is 25.5 Å². The molecule has 9 heteroatoms. The Hall–Kier alpha value is -2.78. The highest BCUT2D eigenvalue weighted by molar-refractivity contribution is 5.43. The highest BCUT2D eigenvalue weighted by atomic mass is 16.5. The van der Waals surface area contributed by atoms with Crippen LogP contribution in [0.5, 0.6) is 0 Å². The van der Waals surface area contributed by atoms with Crippen molar-refractivity contribution in [1.82, 2.24) is 20.1 Å². The van der Waals surface area contributed by atoms with E-state index in [0.29, 0.717) is 48.9 Å². The molecule has 1 atom stereocenters. The molecule has 1 aliphatic heterocycles. The molecule has 0 unspecified atom stereocenters. The molecule has 0 aromatic carbocycles. The van der Waals surface area contributed by atoms with Gasteiger partial charge in [-0.2, -0.15) is 4.98 Å². The third kappa shape index (κ3) is 3.73. The van der Waals surface area contributed by atoms with Gasteiger partial charge in [-0.25, -0.2) is 9.97 Å². The van der Waals surface area contributed by atoms with Crippen molar-refractivity contribution in [2.45, 2.75) is 25.5 Å². The van der Waals surface area contributed by atoms with Crippen LogP contribution < -0.4 is 5.32 Å². The summed E-state index contributed by atoms with van der Waals surface area (Å²) in [7, 11) is 1.62. The smallest absolute Gasteiger partial charge is 0.293 e. The van der Waals surface area contributed by atoms with Crippen LogP contribution in [0.4, 0.5) is 5.82 Å². The molecule has 9 nitrogen and oxygen atoms in total. The fourth-order valence-electron chi connectivity index (χ4n) is 2.77. The predicted octanol–water partition coefficient (Wildman–Crippen LogP) is 2.38. The zero-order chi connectivity index (χ0) is 17.8. The first-order valence-corrected chi connectivity index (χ1v) is 8.36. The van der Waals surface area contributed by atoms with Crippen LogP contribution in [0, 0.1) is 0 Å². The minimum Gasteiger partial charge on any atom is -0.459 e. The van der Waals surface area contributed by atoms with E-state index in [1.807, 2.05) is 6.07 Å². The summed E-state index contributed by atoms with van der Waals surface area (Å²) in [6.45, 7) is 2.16. The molecule has 0 spiro atoms. The van der Waals surface area contributed by atoms with Crippen LogP contribution in [0.25, 0.3) is 11.7 Å². The molecule has 0 saturated carbocycles. The van der Waals surface area contributed by atoms with Crippen molar-refractivity contribution in [2.75, 3.05) is 25.6 Å². The topological polar surface area (TPSA) is 108 Å². The summed E-state index contributed by atoms with van der Waals surface area (Å²) in [5.74, 6) is 3.00. The first-order valence-electron chi connectivity index (χ1n) is 8.36. The molecule has 0 bridgehead atoms. The predicted molar refractivity (Wildman–Crippen MR) is 90.2 cm³/mol. The zero-order valence-corrected chi connectivity index (χ0v) is 14.3. The standard InChI is InChI=1S/C17H19N5O4/c1-23-10-16-19-12(11-4-6-24-9-11)7-14(20-16)18-8-15-21-17(26-22-15)13-3-2-5-25-13/h2-3,5,7,11H,4,6,8-10H2,1H3,(H,18,19,20)/t11-/m0/s1. The van der Waals surface area contributed by atoms with E-state index in [2.05, 4.69) is 25.4 Å². The SMILES string of the molecule is COCc1nc(NCc2noc(-c3ccco3)n2)cc([C@H]2CCOC2)n1. The Balaban J connectivity index is 1.48. The van der Waals surface area contributed by atoms with Gasteiger partial charge < -0.3 is 23.7 Å². The number of nitrogens with zero attached hydrogens (tertiary/aromatic N) is 4. The molecule has 1 saturated heterocycles. The fraction of sp³-hybridized carbons (Fsp3) is 0.412. The molecule has 4 heterocycles. The molecule has 1 N–H and O–H groups in total. The van der Waals surface area contributed by atoms with Gasteiger partial charge in [-0.05, 0) is 18.6 Å². The Kier molecular flexibility index (Phi) is 4.89. The van der Waals surface area contributed by atoms with Crippen LogP contribution in [0.3, 0.4) is 0 Å². The normalized spacial score (nSPS) is 16.9. The van der Waals surface area contributed by atoms with Crippen LogP contribution in [0.15, 0.2) is 33.4 Å². The van der Waals surface area contributed by atoms with E-state index in [1.165, 1.54) is 0 Å². The number of hydrogen-bond acceptors (Lipinski definition) is 9. The zero-order valence-electron chi connectivity index (χ0n) is 14.3. The first kappa shape index (κ1) is 16.7. The number of aromatic nitrogens is 4. The largest absolute Gasteiger partial charge is 0.459 e. The van der Waals surface area contributed by atoms with Crippen molar-refractivity contribution in [3.8, 4) is 11.7 Å². The van der Waals surface area contributed by atoms with E-state index in [-0.39, 0.29) is 5.92 Å². The summed E-state index contributed by atoms with van der Waals surface area (Å²) in [6, 6.07) is 5.47. The van der Waals surface area contributed by atoms with Gasteiger partial charge in [-0.15, -0.1) is 0 Å². The Labute approximate surface area is 149 Å². The average molecular weight is 357 g/mol. The molecule has 1 fully saturated rings. The molecule has 1 aliphatic rings. The van der Waals surface area contributed by atoms with E-state index in [9.17, 15) is 0 Å². The molecule has 3 aromatic heterocycles.